The Labute approximate surface area is 172 Å². The van der Waals surface area contributed by atoms with Crippen molar-refractivity contribution in [1.82, 2.24) is 0 Å². The fraction of sp³-hybridized carbons (Fsp3) is 0.632. The van der Waals surface area contributed by atoms with Crippen LogP contribution in [0.25, 0.3) is 0 Å². The van der Waals surface area contributed by atoms with Crippen molar-refractivity contribution in [3.05, 3.63) is 33.9 Å². The summed E-state index contributed by atoms with van der Waals surface area (Å²) in [5.41, 5.74) is 1.10. The number of nitro benzene ring substituents is 1. The lowest BCUT2D eigenvalue weighted by molar-refractivity contribution is -0.384. The number of carbonyl (C=O) groups excluding carboxylic acids is 1. The Morgan fingerprint density at radius 3 is 2.52 bits per heavy atom. The summed E-state index contributed by atoms with van der Waals surface area (Å²) >= 11 is 0. The van der Waals surface area contributed by atoms with Crippen LogP contribution in [0.2, 0.25) is 0 Å². The van der Waals surface area contributed by atoms with Crippen LogP contribution in [0.4, 0.5) is 11.4 Å². The van der Waals surface area contributed by atoms with E-state index >= 15 is 0 Å². The van der Waals surface area contributed by atoms with Gasteiger partial charge in [0, 0.05) is 43.2 Å². The number of nitrogens with zero attached hydrogens (tertiary/aromatic N) is 2. The van der Waals surface area contributed by atoms with E-state index in [2.05, 4.69) is 0 Å². The maximum Gasteiger partial charge on any atom is 0.306 e. The number of ether oxygens (including phenoxy) is 2. The number of rotatable bonds is 9. The molecule has 10 heteroatoms. The van der Waals surface area contributed by atoms with Crippen LogP contribution in [0.15, 0.2) is 18.2 Å². The summed E-state index contributed by atoms with van der Waals surface area (Å²) in [6.45, 7) is 2.73. The van der Waals surface area contributed by atoms with Crippen molar-refractivity contribution >= 4 is 27.9 Å². The number of hydrogen-bond acceptors (Lipinski definition) is 8. The molecule has 0 radical (unpaired) electrons. The van der Waals surface area contributed by atoms with Crippen molar-refractivity contribution in [2.75, 3.05) is 43.8 Å². The SMILES string of the molecule is CCN(c1ccc(C(COC)CC(=O)OC)cc1[N+](=O)[O-])C1CCS(O)(O)CC1. The predicted molar refractivity (Wildman–Crippen MR) is 113 cm³/mol. The molecule has 1 aliphatic rings. The van der Waals surface area contributed by atoms with E-state index in [9.17, 15) is 24.0 Å². The van der Waals surface area contributed by atoms with Crippen molar-refractivity contribution in [2.45, 2.75) is 38.1 Å². The van der Waals surface area contributed by atoms with E-state index in [-0.39, 0.29) is 30.7 Å². The Bertz CT molecular complexity index is 719. The Balaban J connectivity index is 2.34. The van der Waals surface area contributed by atoms with Gasteiger partial charge in [-0.05, 0) is 31.4 Å². The number of methoxy groups -OCH3 is 2. The maximum absolute atomic E-state index is 11.8. The van der Waals surface area contributed by atoms with Crippen LogP contribution in [0, 0.1) is 10.1 Å². The Kier molecular flexibility index (Phi) is 8.26. The molecule has 0 spiro atoms. The molecule has 1 fully saturated rings. The quantitative estimate of drug-likeness (QED) is 0.346. The van der Waals surface area contributed by atoms with Gasteiger partial charge in [-0.25, -0.2) is 0 Å². The van der Waals surface area contributed by atoms with Gasteiger partial charge in [-0.2, -0.15) is 10.6 Å². The lowest BCUT2D eigenvalue weighted by atomic mass is 9.95. The summed E-state index contributed by atoms with van der Waals surface area (Å²) in [4.78, 5) is 25.1. The van der Waals surface area contributed by atoms with Gasteiger partial charge in [-0.1, -0.05) is 6.07 Å². The molecule has 0 saturated carbocycles. The van der Waals surface area contributed by atoms with Gasteiger partial charge in [-0.3, -0.25) is 24.0 Å². The van der Waals surface area contributed by atoms with Crippen molar-refractivity contribution in [3.8, 4) is 0 Å². The lowest BCUT2D eigenvalue weighted by Gasteiger charge is -2.43. The first-order valence-electron chi connectivity index (χ1n) is 9.56. The number of hydrogen-bond donors (Lipinski definition) is 2. The van der Waals surface area contributed by atoms with Crippen LogP contribution in [-0.2, 0) is 14.3 Å². The molecule has 2 rings (SSSR count). The summed E-state index contributed by atoms with van der Waals surface area (Å²) in [7, 11) is 0.292. The van der Waals surface area contributed by atoms with Crippen molar-refractivity contribution in [2.24, 2.45) is 0 Å². The van der Waals surface area contributed by atoms with E-state index in [1.54, 1.807) is 12.1 Å². The zero-order valence-electron chi connectivity index (χ0n) is 17.1. The molecular weight excluding hydrogens is 400 g/mol. The fourth-order valence-electron chi connectivity index (χ4n) is 3.78. The number of esters is 1. The Hall–Kier alpha value is -1.88. The standard InChI is InChI=1S/C19H30N2O7S/c1-4-20(16-7-9-29(25,26)10-8-16)17-6-5-14(11-18(17)21(23)24)15(13-27-2)12-19(22)28-3/h5-6,11,15-16,25-26H,4,7-10,12-13H2,1-3H3. The molecule has 1 heterocycles. The number of carbonyl (C=O) groups is 1. The first kappa shape index (κ1) is 23.4. The Morgan fingerprint density at radius 2 is 2.00 bits per heavy atom. The molecule has 1 atom stereocenters. The van der Waals surface area contributed by atoms with Crippen LogP contribution in [0.3, 0.4) is 0 Å². The van der Waals surface area contributed by atoms with E-state index in [0.717, 1.165) is 0 Å². The van der Waals surface area contributed by atoms with Gasteiger partial charge in [0.2, 0.25) is 0 Å². The van der Waals surface area contributed by atoms with Crippen LogP contribution in [0.1, 0.15) is 37.7 Å². The third-order valence-corrected chi connectivity index (χ3v) is 7.10. The van der Waals surface area contributed by atoms with E-state index in [1.807, 2.05) is 11.8 Å². The first-order valence-corrected chi connectivity index (χ1v) is 11.4. The molecule has 0 aliphatic carbocycles. The average Bonchev–Trinajstić information content (AvgIpc) is 2.69. The Morgan fingerprint density at radius 1 is 1.34 bits per heavy atom. The first-order chi connectivity index (χ1) is 13.7. The second kappa shape index (κ2) is 10.2. The lowest BCUT2D eigenvalue weighted by Crippen LogP contribution is -2.40. The smallest absolute Gasteiger partial charge is 0.306 e. The van der Waals surface area contributed by atoms with Gasteiger partial charge in [0.25, 0.3) is 5.69 Å². The van der Waals surface area contributed by atoms with Gasteiger partial charge in [0.05, 0.1) is 25.1 Å². The zero-order valence-corrected chi connectivity index (χ0v) is 17.9. The van der Waals surface area contributed by atoms with Gasteiger partial charge in [0.15, 0.2) is 0 Å². The van der Waals surface area contributed by atoms with Crippen molar-refractivity contribution < 1.29 is 28.3 Å². The highest BCUT2D eigenvalue weighted by Crippen LogP contribution is 2.46. The normalized spacial score (nSPS) is 18.7. The molecule has 164 valence electrons. The highest BCUT2D eigenvalue weighted by atomic mass is 32.3. The summed E-state index contributed by atoms with van der Waals surface area (Å²) in [5, 5.41) is 11.8. The van der Waals surface area contributed by atoms with Crippen LogP contribution >= 0.6 is 10.6 Å². The van der Waals surface area contributed by atoms with Gasteiger partial charge in [0.1, 0.15) is 5.69 Å². The monoisotopic (exact) mass is 430 g/mol. The summed E-state index contributed by atoms with van der Waals surface area (Å²) in [5.74, 6) is -0.127. The van der Waals surface area contributed by atoms with E-state index in [1.165, 1.54) is 20.3 Å². The fourth-order valence-corrected chi connectivity index (χ4v) is 5.28. The number of anilines is 1. The molecule has 9 nitrogen and oxygen atoms in total. The molecule has 2 N–H and O–H groups in total. The summed E-state index contributed by atoms with van der Waals surface area (Å²) < 4.78 is 29.6. The molecule has 1 unspecified atom stereocenters. The van der Waals surface area contributed by atoms with E-state index in [4.69, 9.17) is 9.47 Å². The topological polar surface area (TPSA) is 122 Å². The summed E-state index contributed by atoms with van der Waals surface area (Å²) in [6.07, 6.45) is 1.21. The molecule has 0 aromatic heterocycles. The molecule has 1 saturated heterocycles. The second-order valence-electron chi connectivity index (χ2n) is 7.17. The zero-order chi connectivity index (χ0) is 21.6. The van der Waals surface area contributed by atoms with Gasteiger partial charge < -0.3 is 14.4 Å². The van der Waals surface area contributed by atoms with Crippen molar-refractivity contribution in [3.63, 3.8) is 0 Å². The largest absolute Gasteiger partial charge is 0.469 e. The highest BCUT2D eigenvalue weighted by molar-refractivity contribution is 8.24. The molecule has 0 amide bonds. The highest BCUT2D eigenvalue weighted by Gasteiger charge is 2.31. The molecule has 1 aromatic carbocycles. The minimum atomic E-state index is -2.52. The maximum atomic E-state index is 11.8. The molecule has 29 heavy (non-hydrogen) atoms. The average molecular weight is 431 g/mol. The third kappa shape index (κ3) is 6.05. The second-order valence-corrected chi connectivity index (χ2v) is 9.59. The predicted octanol–water partition coefficient (Wildman–Crippen LogP) is 3.63. The van der Waals surface area contributed by atoms with Gasteiger partial charge >= 0.3 is 5.97 Å². The van der Waals surface area contributed by atoms with Gasteiger partial charge in [-0.15, -0.1) is 0 Å². The van der Waals surface area contributed by atoms with Crippen LogP contribution < -0.4 is 4.90 Å². The van der Waals surface area contributed by atoms with Crippen LogP contribution in [0.5, 0.6) is 0 Å². The minimum Gasteiger partial charge on any atom is -0.469 e. The van der Waals surface area contributed by atoms with Crippen molar-refractivity contribution in [1.29, 1.82) is 0 Å². The number of nitro groups is 1. The molecule has 1 aromatic rings. The number of benzene rings is 1. The van der Waals surface area contributed by atoms with E-state index < -0.39 is 21.5 Å². The molecule has 1 aliphatic heterocycles. The molecular formula is C19H30N2O7S. The third-order valence-electron chi connectivity index (χ3n) is 5.32. The summed E-state index contributed by atoms with van der Waals surface area (Å²) in [6, 6.07) is 5.01. The minimum absolute atomic E-state index is 0.00863. The van der Waals surface area contributed by atoms with E-state index in [0.29, 0.717) is 42.1 Å². The van der Waals surface area contributed by atoms with Crippen LogP contribution in [-0.4, -0.2) is 64.9 Å². The molecule has 0 bridgehead atoms.